The summed E-state index contributed by atoms with van der Waals surface area (Å²) >= 11 is 1.16. The molecule has 6 heterocycles. The second kappa shape index (κ2) is 10.2. The number of amides is 1. The Balaban J connectivity index is 1.21. The van der Waals surface area contributed by atoms with Crippen LogP contribution in [0.5, 0.6) is 0 Å². The summed E-state index contributed by atoms with van der Waals surface area (Å²) in [5.74, 6) is -0.289. The maximum Gasteiger partial charge on any atom is 0.263 e. The molecule has 0 aliphatic carbocycles. The van der Waals surface area contributed by atoms with Crippen molar-refractivity contribution in [2.24, 2.45) is 0 Å². The van der Waals surface area contributed by atoms with E-state index in [1.54, 1.807) is 30.3 Å². The Morgan fingerprint density at radius 1 is 1.03 bits per heavy atom. The van der Waals surface area contributed by atoms with Crippen molar-refractivity contribution in [2.75, 3.05) is 57.4 Å². The summed E-state index contributed by atoms with van der Waals surface area (Å²) in [6.45, 7) is 4.79. The maximum absolute atomic E-state index is 13.8. The molecule has 1 amide bonds. The first-order valence-corrected chi connectivity index (χ1v) is 15.1. The molecule has 0 atom stereocenters. The van der Waals surface area contributed by atoms with Gasteiger partial charge in [-0.25, -0.2) is 23.4 Å². The zero-order valence-corrected chi connectivity index (χ0v) is 23.1. The van der Waals surface area contributed by atoms with Gasteiger partial charge in [0.1, 0.15) is 16.3 Å². The van der Waals surface area contributed by atoms with Crippen LogP contribution in [0.1, 0.15) is 17.7 Å². The molecule has 3 saturated heterocycles. The Labute approximate surface area is 229 Å². The number of likely N-dealkylation sites (tertiary alicyclic amines) is 1. The molecule has 208 valence electrons. The predicted molar refractivity (Wildman–Crippen MR) is 142 cm³/mol. The van der Waals surface area contributed by atoms with Crippen LogP contribution in [0.25, 0.3) is 10.2 Å². The summed E-state index contributed by atoms with van der Waals surface area (Å²) in [7, 11) is -3.98. The molecule has 0 aromatic carbocycles. The summed E-state index contributed by atoms with van der Waals surface area (Å²) < 4.78 is 41.6. The van der Waals surface area contributed by atoms with Crippen molar-refractivity contribution in [3.05, 3.63) is 40.0 Å². The SMILES string of the molecule is Cc1sc2ncn(CC(=O)N3CCC4(CC3)OCCO4)c(=O)c2c1S(=O)(=O)N1CCN(c2ncccn2)CC1. The second-order valence-electron chi connectivity index (χ2n) is 9.77. The summed E-state index contributed by atoms with van der Waals surface area (Å²) in [6.07, 6.45) is 5.76. The average molecular weight is 576 g/mol. The average Bonchev–Trinajstić information content (AvgIpc) is 3.55. The number of piperazine rings is 1. The van der Waals surface area contributed by atoms with E-state index < -0.39 is 21.4 Å². The molecule has 6 rings (SSSR count). The van der Waals surface area contributed by atoms with Crippen LogP contribution in [0.15, 0.2) is 34.5 Å². The minimum absolute atomic E-state index is 0.0262. The topological polar surface area (TPSA) is 140 Å². The van der Waals surface area contributed by atoms with Crippen LogP contribution in [-0.4, -0.2) is 101 Å². The molecule has 3 aliphatic heterocycles. The first-order valence-electron chi connectivity index (χ1n) is 12.8. The second-order valence-corrected chi connectivity index (χ2v) is 12.9. The van der Waals surface area contributed by atoms with Gasteiger partial charge in [-0.05, 0) is 13.0 Å². The molecule has 3 aliphatic rings. The van der Waals surface area contributed by atoms with Crippen molar-refractivity contribution in [3.63, 3.8) is 0 Å². The molecule has 1 spiro atoms. The van der Waals surface area contributed by atoms with Gasteiger partial charge in [0.25, 0.3) is 5.56 Å². The Bertz CT molecular complexity index is 1530. The number of carbonyl (C=O) groups excluding carboxylic acids is 1. The molecule has 3 aromatic rings. The molecule has 0 N–H and O–H groups in total. The van der Waals surface area contributed by atoms with E-state index in [2.05, 4.69) is 15.0 Å². The molecule has 3 aromatic heterocycles. The van der Waals surface area contributed by atoms with Crippen molar-refractivity contribution in [2.45, 2.75) is 37.0 Å². The fraction of sp³-hybridized carbons (Fsp3) is 0.542. The van der Waals surface area contributed by atoms with E-state index in [-0.39, 0.29) is 35.8 Å². The quantitative estimate of drug-likeness (QED) is 0.421. The first kappa shape index (κ1) is 26.3. The lowest BCUT2D eigenvalue weighted by molar-refractivity contribution is -0.187. The number of sulfonamides is 1. The highest BCUT2D eigenvalue weighted by Crippen LogP contribution is 2.34. The van der Waals surface area contributed by atoms with Gasteiger partial charge in [0.15, 0.2) is 5.79 Å². The Hall–Kier alpha value is -2.98. The summed E-state index contributed by atoms with van der Waals surface area (Å²) in [6, 6.07) is 1.73. The molecule has 39 heavy (non-hydrogen) atoms. The largest absolute Gasteiger partial charge is 0.347 e. The Morgan fingerprint density at radius 2 is 1.69 bits per heavy atom. The van der Waals surface area contributed by atoms with Gasteiger partial charge in [-0.2, -0.15) is 4.31 Å². The lowest BCUT2D eigenvalue weighted by Crippen LogP contribution is -2.49. The van der Waals surface area contributed by atoms with E-state index in [9.17, 15) is 18.0 Å². The number of ether oxygens (including phenoxy) is 2. The van der Waals surface area contributed by atoms with Gasteiger partial charge in [-0.3, -0.25) is 14.2 Å². The van der Waals surface area contributed by atoms with Gasteiger partial charge in [-0.15, -0.1) is 11.3 Å². The van der Waals surface area contributed by atoms with Crippen molar-refractivity contribution < 1.29 is 22.7 Å². The van der Waals surface area contributed by atoms with E-state index in [1.807, 2.05) is 4.90 Å². The number of fused-ring (bicyclic) bond motifs is 1. The maximum atomic E-state index is 13.8. The Morgan fingerprint density at radius 3 is 2.36 bits per heavy atom. The number of piperidine rings is 1. The number of hydrogen-bond acceptors (Lipinski definition) is 11. The first-order chi connectivity index (χ1) is 18.8. The number of nitrogens with zero attached hydrogens (tertiary/aromatic N) is 7. The van der Waals surface area contributed by atoms with Crippen LogP contribution < -0.4 is 10.5 Å². The smallest absolute Gasteiger partial charge is 0.263 e. The fourth-order valence-corrected chi connectivity index (χ4v) is 8.47. The van der Waals surface area contributed by atoms with Gasteiger partial charge in [0.05, 0.1) is 24.9 Å². The molecular weight excluding hydrogens is 546 g/mol. The van der Waals surface area contributed by atoms with Crippen molar-refractivity contribution in [1.82, 2.24) is 28.7 Å². The van der Waals surface area contributed by atoms with Gasteiger partial charge >= 0.3 is 0 Å². The van der Waals surface area contributed by atoms with Gasteiger partial charge < -0.3 is 19.3 Å². The molecule has 0 saturated carbocycles. The van der Waals surface area contributed by atoms with Crippen molar-refractivity contribution >= 4 is 43.4 Å². The lowest BCUT2D eigenvalue weighted by atomic mass is 10.0. The zero-order valence-electron chi connectivity index (χ0n) is 21.5. The molecular formula is C24H29N7O6S2. The molecule has 0 unspecified atom stereocenters. The van der Waals surface area contributed by atoms with E-state index in [1.165, 1.54) is 15.2 Å². The van der Waals surface area contributed by atoms with Gasteiger partial charge in [0.2, 0.25) is 21.9 Å². The normalized spacial score (nSPS) is 20.2. The number of aromatic nitrogens is 4. The van der Waals surface area contributed by atoms with E-state index >= 15 is 0 Å². The standard InChI is InChI=1S/C24H29N7O6S2/c1-17-20(39(34,35)31-11-9-29(10-12-31)23-25-5-2-6-26-23)19-21(38-17)27-16-30(22(19)33)15-18(32)28-7-3-24(4-8-28)36-13-14-37-24/h2,5-6,16H,3-4,7-15H2,1H3. The lowest BCUT2D eigenvalue weighted by Gasteiger charge is -2.37. The van der Waals surface area contributed by atoms with Crippen LogP contribution in [0, 0.1) is 6.92 Å². The van der Waals surface area contributed by atoms with Gasteiger partial charge in [-0.1, -0.05) is 0 Å². The van der Waals surface area contributed by atoms with E-state index in [0.29, 0.717) is 67.9 Å². The third-order valence-electron chi connectivity index (χ3n) is 7.47. The molecule has 13 nitrogen and oxygen atoms in total. The number of thiophene rings is 1. The van der Waals surface area contributed by atoms with Crippen LogP contribution >= 0.6 is 11.3 Å². The third kappa shape index (κ3) is 4.82. The number of hydrogen-bond donors (Lipinski definition) is 0. The molecule has 0 bridgehead atoms. The number of rotatable bonds is 5. The fourth-order valence-electron chi connectivity index (χ4n) is 5.38. The summed E-state index contributed by atoms with van der Waals surface area (Å²) in [5, 5.41) is 0.0342. The highest BCUT2D eigenvalue weighted by atomic mass is 32.2. The van der Waals surface area contributed by atoms with Crippen LogP contribution in [0.3, 0.4) is 0 Å². The molecule has 0 radical (unpaired) electrons. The number of aryl methyl sites for hydroxylation is 1. The molecule has 3 fully saturated rings. The predicted octanol–water partition coefficient (Wildman–Crippen LogP) is 0.433. The monoisotopic (exact) mass is 575 g/mol. The van der Waals surface area contributed by atoms with Crippen molar-refractivity contribution in [3.8, 4) is 0 Å². The van der Waals surface area contributed by atoms with Crippen LogP contribution in [0.4, 0.5) is 5.95 Å². The number of anilines is 1. The summed E-state index contributed by atoms with van der Waals surface area (Å²) in [5.41, 5.74) is -0.538. The highest BCUT2D eigenvalue weighted by molar-refractivity contribution is 7.89. The summed E-state index contributed by atoms with van der Waals surface area (Å²) in [4.78, 5) is 43.9. The molecule has 15 heteroatoms. The highest BCUT2D eigenvalue weighted by Gasteiger charge is 2.41. The number of carbonyl (C=O) groups is 1. The minimum atomic E-state index is -3.98. The third-order valence-corrected chi connectivity index (χ3v) is 10.7. The van der Waals surface area contributed by atoms with Gasteiger partial charge in [0, 0.05) is 69.4 Å². The van der Waals surface area contributed by atoms with Crippen molar-refractivity contribution in [1.29, 1.82) is 0 Å². The van der Waals surface area contributed by atoms with E-state index in [4.69, 9.17) is 9.47 Å². The van der Waals surface area contributed by atoms with Crippen LogP contribution in [0.2, 0.25) is 0 Å². The van der Waals surface area contributed by atoms with Crippen LogP contribution in [-0.2, 0) is 30.8 Å². The minimum Gasteiger partial charge on any atom is -0.347 e. The zero-order chi connectivity index (χ0) is 27.2. The Kier molecular flexibility index (Phi) is 6.87. The van der Waals surface area contributed by atoms with E-state index in [0.717, 1.165) is 11.3 Å².